The highest BCUT2D eigenvalue weighted by Crippen LogP contribution is 2.38. The number of carbonyl (C=O) groups is 1. The van der Waals surface area contributed by atoms with E-state index >= 15 is 0 Å². The van der Waals surface area contributed by atoms with Crippen molar-refractivity contribution in [3.8, 4) is 0 Å². The Balaban J connectivity index is 2.05. The van der Waals surface area contributed by atoms with E-state index in [-0.39, 0.29) is 24.7 Å². The number of hydrogen-bond acceptors (Lipinski definition) is 5. The Morgan fingerprint density at radius 2 is 2.23 bits per heavy atom. The molecule has 6 heteroatoms. The molecule has 2 rings (SSSR count). The van der Waals surface area contributed by atoms with E-state index in [0.717, 1.165) is 24.8 Å². The Morgan fingerprint density at radius 1 is 1.50 bits per heavy atom. The molecule has 22 heavy (non-hydrogen) atoms. The minimum absolute atomic E-state index is 0.153. The quantitative estimate of drug-likeness (QED) is 0.766. The Hall–Kier alpha value is -0.950. The van der Waals surface area contributed by atoms with Gasteiger partial charge in [0.05, 0.1) is 6.10 Å². The van der Waals surface area contributed by atoms with E-state index in [1.807, 2.05) is 13.8 Å². The summed E-state index contributed by atoms with van der Waals surface area (Å²) in [6.07, 6.45) is 1.06. The van der Waals surface area contributed by atoms with Crippen LogP contribution < -0.4 is 5.32 Å². The maximum absolute atomic E-state index is 12.3. The Kier molecular flexibility index (Phi) is 5.60. The number of carbonyl (C=O) groups excluding carboxylic acids is 1. The second-order valence-corrected chi connectivity index (χ2v) is 6.23. The molecule has 2 N–H and O–H groups in total. The lowest BCUT2D eigenvalue weighted by atomic mass is 9.85. The van der Waals surface area contributed by atoms with Crippen molar-refractivity contribution in [3.63, 3.8) is 0 Å². The van der Waals surface area contributed by atoms with Crippen LogP contribution in [0.4, 0.5) is 0 Å². The zero-order valence-corrected chi connectivity index (χ0v) is 13.6. The van der Waals surface area contributed by atoms with E-state index in [1.165, 1.54) is 7.11 Å². The normalized spacial score (nSPS) is 37.6. The number of nitrogens with one attached hydrogen (secondary N) is 1. The molecule has 0 aliphatic carbocycles. The van der Waals surface area contributed by atoms with Gasteiger partial charge in [-0.1, -0.05) is 19.1 Å². The summed E-state index contributed by atoms with van der Waals surface area (Å²) in [4.78, 5) is 12.3. The number of rotatable bonds is 4. The Labute approximate surface area is 131 Å². The molecule has 0 aromatic rings. The fourth-order valence-corrected chi connectivity index (χ4v) is 2.95. The molecule has 2 heterocycles. The predicted octanol–water partition coefficient (Wildman–Crippen LogP) is 1.33. The molecule has 0 unspecified atom stereocenters. The fourth-order valence-electron chi connectivity index (χ4n) is 2.95. The summed E-state index contributed by atoms with van der Waals surface area (Å²) in [7, 11) is 1.43. The molecule has 1 amide bonds. The van der Waals surface area contributed by atoms with Gasteiger partial charge < -0.3 is 24.6 Å². The van der Waals surface area contributed by atoms with Gasteiger partial charge in [-0.05, 0) is 26.2 Å². The summed E-state index contributed by atoms with van der Waals surface area (Å²) in [6.45, 7) is 8.54. The van der Waals surface area contributed by atoms with Crippen LogP contribution in [-0.2, 0) is 19.0 Å². The van der Waals surface area contributed by atoms with Crippen molar-refractivity contribution in [1.29, 1.82) is 0 Å². The maximum Gasteiger partial charge on any atom is 0.256 e. The lowest BCUT2D eigenvalue weighted by molar-refractivity contribution is -0.297. The fraction of sp³-hybridized carbons (Fsp3) is 0.812. The van der Waals surface area contributed by atoms with Gasteiger partial charge in [0.25, 0.3) is 5.91 Å². The van der Waals surface area contributed by atoms with Crippen molar-refractivity contribution in [2.24, 2.45) is 5.92 Å². The number of amides is 1. The van der Waals surface area contributed by atoms with Crippen molar-refractivity contribution < 1.29 is 24.1 Å². The Bertz CT molecular complexity index is 421. The van der Waals surface area contributed by atoms with E-state index in [0.29, 0.717) is 6.61 Å². The van der Waals surface area contributed by atoms with E-state index in [1.54, 1.807) is 0 Å². The van der Waals surface area contributed by atoms with E-state index in [9.17, 15) is 9.90 Å². The molecule has 0 radical (unpaired) electrons. The van der Waals surface area contributed by atoms with E-state index in [2.05, 4.69) is 11.9 Å². The number of aliphatic hydroxyl groups excluding tert-OH is 1. The van der Waals surface area contributed by atoms with Crippen LogP contribution in [-0.4, -0.2) is 49.0 Å². The molecule has 0 bridgehead atoms. The summed E-state index contributed by atoms with van der Waals surface area (Å²) < 4.78 is 16.7. The molecule has 0 saturated carbocycles. The number of hydrogen-bond donors (Lipinski definition) is 2. The molecule has 2 saturated heterocycles. The molecule has 2 aliphatic rings. The molecule has 2 fully saturated rings. The van der Waals surface area contributed by atoms with Crippen LogP contribution >= 0.6 is 0 Å². The Morgan fingerprint density at radius 3 is 2.77 bits per heavy atom. The van der Waals surface area contributed by atoms with Crippen molar-refractivity contribution in [2.75, 3.05) is 13.7 Å². The highest BCUT2D eigenvalue weighted by Gasteiger charge is 2.49. The van der Waals surface area contributed by atoms with Crippen LogP contribution in [0.2, 0.25) is 0 Å². The van der Waals surface area contributed by atoms with Crippen molar-refractivity contribution in [1.82, 2.24) is 5.32 Å². The number of aliphatic hydroxyl groups is 1. The third-order valence-electron chi connectivity index (χ3n) is 4.70. The van der Waals surface area contributed by atoms with Gasteiger partial charge in [0.1, 0.15) is 6.23 Å². The summed E-state index contributed by atoms with van der Waals surface area (Å²) in [5.41, 5.74) is 0.904. The molecule has 0 aromatic heterocycles. The third kappa shape index (κ3) is 3.51. The van der Waals surface area contributed by atoms with Crippen LogP contribution in [0.15, 0.2) is 12.2 Å². The molecule has 0 aromatic carbocycles. The van der Waals surface area contributed by atoms with Gasteiger partial charge in [0.2, 0.25) is 5.79 Å². The zero-order chi connectivity index (χ0) is 16.3. The lowest BCUT2D eigenvalue weighted by Gasteiger charge is -2.45. The average molecular weight is 313 g/mol. The smallest absolute Gasteiger partial charge is 0.256 e. The summed E-state index contributed by atoms with van der Waals surface area (Å²) in [5, 5.41) is 13.2. The minimum Gasteiger partial charge on any atom is -0.378 e. The van der Waals surface area contributed by atoms with Crippen LogP contribution in [0.1, 0.15) is 39.5 Å². The molecule has 2 aliphatic heterocycles. The zero-order valence-electron chi connectivity index (χ0n) is 13.6. The predicted molar refractivity (Wildman–Crippen MR) is 80.9 cm³/mol. The first-order valence-electron chi connectivity index (χ1n) is 7.90. The van der Waals surface area contributed by atoms with Gasteiger partial charge in [-0.2, -0.15) is 0 Å². The highest BCUT2D eigenvalue weighted by molar-refractivity contribution is 5.81. The minimum atomic E-state index is -1.44. The lowest BCUT2D eigenvalue weighted by Crippen LogP contribution is -2.59. The number of ether oxygens (including phenoxy) is 3. The molecule has 5 atom stereocenters. The second-order valence-electron chi connectivity index (χ2n) is 6.23. The van der Waals surface area contributed by atoms with Crippen LogP contribution in [0.25, 0.3) is 0 Å². The van der Waals surface area contributed by atoms with Crippen molar-refractivity contribution >= 4 is 5.91 Å². The topological polar surface area (TPSA) is 77.0 Å². The standard InChI is InChI=1S/C16H27NO5/c1-10-9-16(20-4,22-12(3)11(10)2)14(18)15(19)17-13-7-5-6-8-21-13/h11-14,18H,1,5-9H2,2-4H3,(H,17,19)/t11-,12-,13+,14+,16-/m0/s1. The summed E-state index contributed by atoms with van der Waals surface area (Å²) >= 11 is 0. The van der Waals surface area contributed by atoms with Gasteiger partial charge in [-0.3, -0.25) is 4.79 Å². The molecule has 126 valence electrons. The van der Waals surface area contributed by atoms with Crippen LogP contribution in [0.5, 0.6) is 0 Å². The third-order valence-corrected chi connectivity index (χ3v) is 4.70. The maximum atomic E-state index is 12.3. The van der Waals surface area contributed by atoms with Crippen LogP contribution in [0, 0.1) is 5.92 Å². The first-order chi connectivity index (χ1) is 10.4. The van der Waals surface area contributed by atoms with Gasteiger partial charge >= 0.3 is 0 Å². The van der Waals surface area contributed by atoms with Crippen LogP contribution in [0.3, 0.4) is 0 Å². The molecular formula is C16H27NO5. The van der Waals surface area contributed by atoms with Crippen molar-refractivity contribution in [2.45, 2.75) is 63.8 Å². The van der Waals surface area contributed by atoms with Gasteiger partial charge in [-0.15, -0.1) is 0 Å². The largest absolute Gasteiger partial charge is 0.378 e. The average Bonchev–Trinajstić information content (AvgIpc) is 2.52. The molecular weight excluding hydrogens is 286 g/mol. The van der Waals surface area contributed by atoms with Gasteiger partial charge in [0.15, 0.2) is 6.10 Å². The summed E-state index contributed by atoms with van der Waals surface area (Å²) in [5.74, 6) is -1.77. The molecule has 6 nitrogen and oxygen atoms in total. The van der Waals surface area contributed by atoms with Gasteiger partial charge in [0, 0.05) is 26.1 Å². The van der Waals surface area contributed by atoms with E-state index < -0.39 is 17.8 Å². The SMILES string of the molecule is C=C1C[C@@](OC)([C@H](O)C(=O)N[C@H]2CCCCO2)O[C@@H](C)[C@H]1C. The second kappa shape index (κ2) is 7.08. The van der Waals surface area contributed by atoms with E-state index in [4.69, 9.17) is 14.2 Å². The monoisotopic (exact) mass is 313 g/mol. The summed E-state index contributed by atoms with van der Waals surface area (Å²) in [6, 6.07) is 0. The first kappa shape index (κ1) is 17.4. The molecule has 0 spiro atoms. The number of methoxy groups -OCH3 is 1. The van der Waals surface area contributed by atoms with Crippen molar-refractivity contribution in [3.05, 3.63) is 12.2 Å². The van der Waals surface area contributed by atoms with Gasteiger partial charge in [-0.25, -0.2) is 0 Å². The first-order valence-corrected chi connectivity index (χ1v) is 7.90. The highest BCUT2D eigenvalue weighted by atomic mass is 16.7.